The van der Waals surface area contributed by atoms with Gasteiger partial charge in [-0.25, -0.2) is 0 Å². The first kappa shape index (κ1) is 13.4. The van der Waals surface area contributed by atoms with Crippen molar-refractivity contribution < 1.29 is 5.11 Å². The number of aliphatic hydroxyl groups excluding tert-OH is 1. The zero-order valence-corrected chi connectivity index (χ0v) is 13.1. The first-order valence-electron chi connectivity index (χ1n) is 8.89. The summed E-state index contributed by atoms with van der Waals surface area (Å²) in [5.74, 6) is 3.57. The standard InChI is InChI=1S/C19H30O/c1-18-11-4-3-5-13(18)6-7-14-15-8-9-17(20)19(15,2)12-10-16(14)18/h3-4,13-17,20H,5-12H2,1-2H3/t13?,14-,15-,16-,17+,18-,19-/m0/s1. The van der Waals surface area contributed by atoms with Gasteiger partial charge >= 0.3 is 0 Å². The quantitative estimate of drug-likeness (QED) is 0.642. The molecule has 3 saturated carbocycles. The number of fused-ring (bicyclic) bond motifs is 5. The molecule has 1 N–H and O–H groups in total. The SMILES string of the molecule is C[C@]12CC[C@H]3[C@@H](CCC4CC=CC[C@@]43C)[C@@H]1CC[C@H]2O. The van der Waals surface area contributed by atoms with E-state index in [0.29, 0.717) is 5.41 Å². The molecular weight excluding hydrogens is 244 g/mol. The highest BCUT2D eigenvalue weighted by molar-refractivity contribution is 5.12. The Morgan fingerprint density at radius 1 is 0.900 bits per heavy atom. The van der Waals surface area contributed by atoms with E-state index in [1.54, 1.807) is 0 Å². The lowest BCUT2D eigenvalue weighted by atomic mass is 9.46. The van der Waals surface area contributed by atoms with Gasteiger partial charge in [-0.2, -0.15) is 0 Å². The summed E-state index contributed by atoms with van der Waals surface area (Å²) < 4.78 is 0. The Morgan fingerprint density at radius 3 is 2.55 bits per heavy atom. The van der Waals surface area contributed by atoms with E-state index in [4.69, 9.17) is 0 Å². The van der Waals surface area contributed by atoms with Crippen molar-refractivity contribution >= 4 is 0 Å². The number of aliphatic hydroxyl groups is 1. The third kappa shape index (κ3) is 1.59. The van der Waals surface area contributed by atoms with Crippen LogP contribution in [0.4, 0.5) is 0 Å². The van der Waals surface area contributed by atoms with Crippen LogP contribution >= 0.6 is 0 Å². The summed E-state index contributed by atoms with van der Waals surface area (Å²) >= 11 is 0. The molecule has 1 nitrogen and oxygen atoms in total. The van der Waals surface area contributed by atoms with Gasteiger partial charge in [0.05, 0.1) is 6.10 Å². The minimum Gasteiger partial charge on any atom is -0.393 e. The van der Waals surface area contributed by atoms with Gasteiger partial charge < -0.3 is 5.11 Å². The minimum absolute atomic E-state index is 0.0229. The van der Waals surface area contributed by atoms with E-state index in [0.717, 1.165) is 30.1 Å². The summed E-state index contributed by atoms with van der Waals surface area (Å²) in [6.45, 7) is 4.98. The van der Waals surface area contributed by atoms with Gasteiger partial charge in [0.1, 0.15) is 0 Å². The van der Waals surface area contributed by atoms with Gasteiger partial charge in [0.25, 0.3) is 0 Å². The van der Waals surface area contributed by atoms with Crippen LogP contribution in [0, 0.1) is 34.5 Å². The summed E-state index contributed by atoms with van der Waals surface area (Å²) in [5.41, 5.74) is 0.807. The summed E-state index contributed by atoms with van der Waals surface area (Å²) in [6.07, 6.45) is 15.4. The lowest BCUT2D eigenvalue weighted by Gasteiger charge is -2.59. The summed E-state index contributed by atoms with van der Waals surface area (Å²) in [4.78, 5) is 0. The lowest BCUT2D eigenvalue weighted by Crippen LogP contribution is -2.52. The average Bonchev–Trinajstić information content (AvgIpc) is 2.74. The third-order valence-corrected chi connectivity index (χ3v) is 8.16. The molecule has 0 aromatic rings. The maximum Gasteiger partial charge on any atom is 0.0596 e. The second-order valence-electron chi connectivity index (χ2n) is 8.71. The zero-order valence-electron chi connectivity index (χ0n) is 13.1. The molecule has 0 spiro atoms. The average molecular weight is 274 g/mol. The first-order chi connectivity index (χ1) is 9.56. The van der Waals surface area contributed by atoms with Crippen molar-refractivity contribution in [3.8, 4) is 0 Å². The monoisotopic (exact) mass is 274 g/mol. The number of rotatable bonds is 0. The molecule has 0 aromatic carbocycles. The molecule has 0 heterocycles. The Labute approximate surface area is 123 Å². The maximum atomic E-state index is 10.5. The molecule has 0 aromatic heterocycles. The maximum absolute atomic E-state index is 10.5. The molecule has 0 saturated heterocycles. The molecule has 7 atom stereocenters. The Hall–Kier alpha value is -0.300. The van der Waals surface area contributed by atoms with Crippen molar-refractivity contribution in [3.05, 3.63) is 12.2 Å². The Morgan fingerprint density at radius 2 is 1.70 bits per heavy atom. The zero-order chi connectivity index (χ0) is 14.0. The summed E-state index contributed by atoms with van der Waals surface area (Å²) in [5, 5.41) is 10.5. The van der Waals surface area contributed by atoms with Crippen molar-refractivity contribution in [1.29, 1.82) is 0 Å². The molecule has 0 amide bonds. The van der Waals surface area contributed by atoms with E-state index >= 15 is 0 Å². The molecular formula is C19H30O. The van der Waals surface area contributed by atoms with Crippen LogP contribution in [0.15, 0.2) is 12.2 Å². The van der Waals surface area contributed by atoms with Gasteiger partial charge in [0, 0.05) is 0 Å². The largest absolute Gasteiger partial charge is 0.393 e. The van der Waals surface area contributed by atoms with Crippen LogP contribution in [0.25, 0.3) is 0 Å². The highest BCUT2D eigenvalue weighted by Crippen LogP contribution is 2.65. The summed E-state index contributed by atoms with van der Waals surface area (Å²) in [6, 6.07) is 0. The number of hydrogen-bond donors (Lipinski definition) is 1. The lowest BCUT2D eigenvalue weighted by molar-refractivity contribution is -0.108. The van der Waals surface area contributed by atoms with Crippen LogP contribution in [0.2, 0.25) is 0 Å². The molecule has 1 unspecified atom stereocenters. The Balaban J connectivity index is 1.66. The van der Waals surface area contributed by atoms with E-state index < -0.39 is 0 Å². The van der Waals surface area contributed by atoms with Gasteiger partial charge in [-0.15, -0.1) is 0 Å². The van der Waals surface area contributed by atoms with Crippen LogP contribution in [0.1, 0.15) is 65.2 Å². The van der Waals surface area contributed by atoms with E-state index in [2.05, 4.69) is 26.0 Å². The molecule has 4 rings (SSSR count). The molecule has 3 fully saturated rings. The molecule has 0 aliphatic heterocycles. The fourth-order valence-corrected chi connectivity index (χ4v) is 6.81. The van der Waals surface area contributed by atoms with E-state index in [9.17, 15) is 5.11 Å². The molecule has 1 heteroatoms. The van der Waals surface area contributed by atoms with Crippen molar-refractivity contribution in [2.75, 3.05) is 0 Å². The molecule has 0 bridgehead atoms. The number of allylic oxidation sites excluding steroid dienone is 2. The van der Waals surface area contributed by atoms with Gasteiger partial charge in [0.2, 0.25) is 0 Å². The third-order valence-electron chi connectivity index (χ3n) is 8.16. The highest BCUT2D eigenvalue weighted by Gasteiger charge is 2.59. The number of hydrogen-bond acceptors (Lipinski definition) is 1. The Bertz CT molecular complexity index is 427. The normalized spacial score (nSPS) is 57.9. The van der Waals surface area contributed by atoms with E-state index in [-0.39, 0.29) is 11.5 Å². The van der Waals surface area contributed by atoms with E-state index in [1.165, 1.54) is 44.9 Å². The van der Waals surface area contributed by atoms with Crippen molar-refractivity contribution in [3.63, 3.8) is 0 Å². The Kier molecular flexibility index (Phi) is 2.91. The fourth-order valence-electron chi connectivity index (χ4n) is 6.81. The summed E-state index contributed by atoms with van der Waals surface area (Å²) in [7, 11) is 0. The molecule has 4 aliphatic rings. The smallest absolute Gasteiger partial charge is 0.0596 e. The molecule has 20 heavy (non-hydrogen) atoms. The van der Waals surface area contributed by atoms with Gasteiger partial charge in [-0.1, -0.05) is 26.0 Å². The molecule has 112 valence electrons. The fraction of sp³-hybridized carbons (Fsp3) is 0.895. The van der Waals surface area contributed by atoms with E-state index in [1.807, 2.05) is 0 Å². The van der Waals surface area contributed by atoms with Crippen molar-refractivity contribution in [1.82, 2.24) is 0 Å². The first-order valence-corrected chi connectivity index (χ1v) is 8.89. The predicted molar refractivity (Wildman–Crippen MR) is 82.3 cm³/mol. The van der Waals surface area contributed by atoms with Crippen molar-refractivity contribution in [2.24, 2.45) is 34.5 Å². The second-order valence-corrected chi connectivity index (χ2v) is 8.71. The van der Waals surface area contributed by atoms with Gasteiger partial charge in [0.15, 0.2) is 0 Å². The van der Waals surface area contributed by atoms with Gasteiger partial charge in [-0.3, -0.25) is 0 Å². The molecule has 0 radical (unpaired) electrons. The predicted octanol–water partition coefficient (Wildman–Crippen LogP) is 4.56. The van der Waals surface area contributed by atoms with Crippen LogP contribution in [-0.4, -0.2) is 11.2 Å². The topological polar surface area (TPSA) is 20.2 Å². The second kappa shape index (κ2) is 4.35. The minimum atomic E-state index is -0.0229. The molecule has 4 aliphatic carbocycles. The van der Waals surface area contributed by atoms with Crippen LogP contribution in [0.5, 0.6) is 0 Å². The van der Waals surface area contributed by atoms with Crippen LogP contribution < -0.4 is 0 Å². The van der Waals surface area contributed by atoms with Crippen LogP contribution in [-0.2, 0) is 0 Å². The van der Waals surface area contributed by atoms with Gasteiger partial charge in [-0.05, 0) is 85.9 Å². The van der Waals surface area contributed by atoms with Crippen LogP contribution in [0.3, 0.4) is 0 Å². The highest BCUT2D eigenvalue weighted by atomic mass is 16.3. The van der Waals surface area contributed by atoms with Crippen molar-refractivity contribution in [2.45, 2.75) is 71.3 Å².